The molecule has 0 spiro atoms. The van der Waals surface area contributed by atoms with Gasteiger partial charge in [-0.2, -0.15) is 0 Å². The standard InChI is InChI=1S/C49H89NO10S2/c1-5-9-13-22-42(23-14-10-6-2)29-36-58-48(54)40-61-38-46(52)56-34-20-26-44(60-45(51)28-19-33-50-31-17-18-32-50)27-21-35-57-47(53)39-62-41-49(55)59-37-30-43(24-15-11-7-3)25-16-12-8-4/h42-44H,5-41H2,1-4H3. The lowest BCUT2D eigenvalue weighted by Crippen LogP contribution is -2.23. The smallest absolute Gasteiger partial charge is 0.315 e. The number of nitrogens with zero attached hydrogens (tertiary/aromatic N) is 1. The highest BCUT2D eigenvalue weighted by molar-refractivity contribution is 8.00. The highest BCUT2D eigenvalue weighted by atomic mass is 32.2. The molecule has 0 saturated carbocycles. The maximum Gasteiger partial charge on any atom is 0.315 e. The average Bonchev–Trinajstić information content (AvgIpc) is 3.77. The SMILES string of the molecule is CCCCCC(CCCCC)CCOC(=O)CSCC(=O)OCCCC(CCCOC(=O)CSCC(=O)OCCC(CCCCC)CCCCC)OC(=O)CCCN1CCCC1. The predicted octanol–water partition coefficient (Wildman–Crippen LogP) is 11.3. The van der Waals surface area contributed by atoms with Crippen molar-refractivity contribution in [3.8, 4) is 0 Å². The maximum absolute atomic E-state index is 12.8. The van der Waals surface area contributed by atoms with Crippen molar-refractivity contribution in [2.75, 3.05) is 69.1 Å². The van der Waals surface area contributed by atoms with E-state index >= 15 is 0 Å². The summed E-state index contributed by atoms with van der Waals surface area (Å²) in [5.74, 6) is -0.124. The van der Waals surface area contributed by atoms with Gasteiger partial charge >= 0.3 is 29.8 Å². The first-order chi connectivity index (χ1) is 30.2. The Morgan fingerprint density at radius 1 is 0.435 bits per heavy atom. The molecule has 0 aliphatic carbocycles. The van der Waals surface area contributed by atoms with Crippen LogP contribution in [0.25, 0.3) is 0 Å². The van der Waals surface area contributed by atoms with Gasteiger partial charge in [-0.05, 0) is 89.3 Å². The van der Waals surface area contributed by atoms with Gasteiger partial charge in [-0.3, -0.25) is 24.0 Å². The van der Waals surface area contributed by atoms with E-state index in [2.05, 4.69) is 32.6 Å². The molecule has 0 bridgehead atoms. The van der Waals surface area contributed by atoms with Crippen molar-refractivity contribution in [2.24, 2.45) is 11.8 Å². The van der Waals surface area contributed by atoms with Gasteiger partial charge in [0.05, 0.1) is 49.4 Å². The third-order valence-electron chi connectivity index (χ3n) is 11.5. The number of carbonyl (C=O) groups excluding carboxylic acids is 5. The van der Waals surface area contributed by atoms with Gasteiger partial charge in [0.2, 0.25) is 0 Å². The number of ether oxygens (including phenoxy) is 5. The van der Waals surface area contributed by atoms with Crippen LogP contribution >= 0.6 is 23.5 Å². The van der Waals surface area contributed by atoms with Crippen LogP contribution in [0.1, 0.15) is 195 Å². The van der Waals surface area contributed by atoms with Gasteiger partial charge in [0.1, 0.15) is 6.10 Å². The highest BCUT2D eigenvalue weighted by Crippen LogP contribution is 2.23. The number of carbonyl (C=O) groups is 5. The van der Waals surface area contributed by atoms with Gasteiger partial charge in [-0.25, -0.2) is 0 Å². The molecule has 1 fully saturated rings. The zero-order chi connectivity index (χ0) is 45.3. The minimum Gasteiger partial charge on any atom is -0.465 e. The summed E-state index contributed by atoms with van der Waals surface area (Å²) in [7, 11) is 0. The van der Waals surface area contributed by atoms with E-state index in [1.807, 2.05) is 0 Å². The lowest BCUT2D eigenvalue weighted by Gasteiger charge is -2.19. The molecule has 0 N–H and O–H groups in total. The summed E-state index contributed by atoms with van der Waals surface area (Å²) in [5.41, 5.74) is 0. The van der Waals surface area contributed by atoms with Crippen molar-refractivity contribution in [3.05, 3.63) is 0 Å². The summed E-state index contributed by atoms with van der Waals surface area (Å²) in [6.07, 6.45) is 26.3. The first-order valence-electron chi connectivity index (χ1n) is 24.9. The summed E-state index contributed by atoms with van der Waals surface area (Å²) in [5, 5.41) is 0. The lowest BCUT2D eigenvalue weighted by molar-refractivity contribution is -0.151. The van der Waals surface area contributed by atoms with Gasteiger partial charge in [-0.1, -0.05) is 130 Å². The summed E-state index contributed by atoms with van der Waals surface area (Å²) in [4.78, 5) is 64.6. The minimum absolute atomic E-state index is 0.0604. The Morgan fingerprint density at radius 3 is 1.18 bits per heavy atom. The molecule has 1 saturated heterocycles. The molecule has 0 amide bonds. The molecule has 0 unspecified atom stereocenters. The Kier molecular flexibility index (Phi) is 39.0. The van der Waals surface area contributed by atoms with Crippen LogP contribution in [0.3, 0.4) is 0 Å². The molecule has 362 valence electrons. The van der Waals surface area contributed by atoms with Crippen molar-refractivity contribution in [2.45, 2.75) is 201 Å². The highest BCUT2D eigenvalue weighted by Gasteiger charge is 2.18. The number of esters is 5. The zero-order valence-electron chi connectivity index (χ0n) is 39.7. The van der Waals surface area contributed by atoms with E-state index < -0.39 is 18.0 Å². The average molecular weight is 916 g/mol. The van der Waals surface area contributed by atoms with Gasteiger partial charge in [0.15, 0.2) is 0 Å². The summed E-state index contributed by atoms with van der Waals surface area (Å²) < 4.78 is 27.7. The monoisotopic (exact) mass is 916 g/mol. The Hall–Kier alpha value is -1.99. The number of unbranched alkanes of at least 4 members (excludes halogenated alkanes) is 8. The van der Waals surface area contributed by atoms with Crippen LogP contribution in [0.4, 0.5) is 0 Å². The molecule has 0 aromatic heterocycles. The van der Waals surface area contributed by atoms with Crippen LogP contribution in [-0.2, 0) is 47.7 Å². The first-order valence-corrected chi connectivity index (χ1v) is 27.2. The van der Waals surface area contributed by atoms with Crippen LogP contribution in [0.5, 0.6) is 0 Å². The van der Waals surface area contributed by atoms with E-state index in [4.69, 9.17) is 23.7 Å². The Balaban J connectivity index is 2.37. The third-order valence-corrected chi connectivity index (χ3v) is 13.3. The quantitative estimate of drug-likeness (QED) is 0.0326. The zero-order valence-corrected chi connectivity index (χ0v) is 41.4. The van der Waals surface area contributed by atoms with Crippen molar-refractivity contribution >= 4 is 53.4 Å². The predicted molar refractivity (Wildman–Crippen MR) is 255 cm³/mol. The molecular formula is C49H89NO10S2. The van der Waals surface area contributed by atoms with E-state index in [-0.39, 0.29) is 54.1 Å². The summed E-state index contributed by atoms with van der Waals surface area (Å²) in [6, 6.07) is 0. The number of likely N-dealkylation sites (tertiary alicyclic amines) is 1. The van der Waals surface area contributed by atoms with E-state index in [1.54, 1.807) is 0 Å². The fourth-order valence-corrected chi connectivity index (χ4v) is 9.04. The van der Waals surface area contributed by atoms with Gasteiger partial charge in [0, 0.05) is 6.42 Å². The fourth-order valence-electron chi connectivity index (χ4n) is 7.83. The first kappa shape index (κ1) is 58.0. The second-order valence-corrected chi connectivity index (χ2v) is 19.2. The molecule has 1 aliphatic rings. The molecule has 0 aromatic rings. The number of thioether (sulfide) groups is 2. The normalized spacial score (nSPS) is 13.0. The van der Waals surface area contributed by atoms with Crippen LogP contribution in [0.2, 0.25) is 0 Å². The molecule has 0 aromatic carbocycles. The summed E-state index contributed by atoms with van der Waals surface area (Å²) >= 11 is 2.39. The molecule has 0 atom stereocenters. The van der Waals surface area contributed by atoms with Gasteiger partial charge < -0.3 is 28.6 Å². The molecule has 1 heterocycles. The second kappa shape index (κ2) is 41.7. The maximum atomic E-state index is 12.8. The molecule has 1 rings (SSSR count). The van der Waals surface area contributed by atoms with E-state index in [1.165, 1.54) is 139 Å². The number of hydrogen-bond donors (Lipinski definition) is 0. The van der Waals surface area contributed by atoms with Crippen LogP contribution in [0, 0.1) is 11.8 Å². The number of rotatable bonds is 43. The molecular weight excluding hydrogens is 827 g/mol. The molecule has 62 heavy (non-hydrogen) atoms. The Labute approximate surface area is 386 Å². The summed E-state index contributed by atoms with van der Waals surface area (Å²) in [6.45, 7) is 13.1. The van der Waals surface area contributed by atoms with E-state index in [9.17, 15) is 24.0 Å². The molecule has 13 heteroatoms. The van der Waals surface area contributed by atoms with Gasteiger partial charge in [-0.15, -0.1) is 23.5 Å². The van der Waals surface area contributed by atoms with Crippen LogP contribution in [0.15, 0.2) is 0 Å². The van der Waals surface area contributed by atoms with Crippen LogP contribution in [-0.4, -0.2) is 110 Å². The van der Waals surface area contributed by atoms with E-state index in [0.717, 1.165) is 38.9 Å². The molecule has 0 radical (unpaired) electrons. The van der Waals surface area contributed by atoms with Crippen molar-refractivity contribution in [3.63, 3.8) is 0 Å². The van der Waals surface area contributed by atoms with Crippen molar-refractivity contribution in [1.29, 1.82) is 0 Å². The minimum atomic E-state index is -0.396. The Morgan fingerprint density at radius 2 is 0.806 bits per heavy atom. The third kappa shape index (κ3) is 35.4. The van der Waals surface area contributed by atoms with Crippen LogP contribution < -0.4 is 0 Å². The second-order valence-electron chi connectivity index (χ2n) is 17.2. The topological polar surface area (TPSA) is 135 Å². The van der Waals surface area contributed by atoms with E-state index in [0.29, 0.717) is 57.2 Å². The largest absolute Gasteiger partial charge is 0.465 e. The molecule has 11 nitrogen and oxygen atoms in total. The van der Waals surface area contributed by atoms with Crippen molar-refractivity contribution < 1.29 is 47.7 Å². The fraction of sp³-hybridized carbons (Fsp3) is 0.898. The van der Waals surface area contributed by atoms with Crippen molar-refractivity contribution in [1.82, 2.24) is 4.90 Å². The molecule has 1 aliphatic heterocycles. The van der Waals surface area contributed by atoms with Gasteiger partial charge in [0.25, 0.3) is 0 Å². The number of hydrogen-bond acceptors (Lipinski definition) is 13. The lowest BCUT2D eigenvalue weighted by atomic mass is 9.92. The Bertz CT molecular complexity index is 1050.